The first-order valence-corrected chi connectivity index (χ1v) is 6.93. The van der Waals surface area contributed by atoms with Crippen LogP contribution in [0.4, 0.5) is 0 Å². The largest absolute Gasteiger partial charge is 0.317 e. The fourth-order valence-corrected chi connectivity index (χ4v) is 3.23. The minimum atomic E-state index is 0.767. The molecule has 1 fully saturated rings. The third kappa shape index (κ3) is 2.49. The fourth-order valence-electron chi connectivity index (χ4n) is 3.03. The molecule has 17 heavy (non-hydrogen) atoms. The minimum absolute atomic E-state index is 0.767. The van der Waals surface area contributed by atoms with E-state index in [-0.39, 0.29) is 0 Å². The van der Waals surface area contributed by atoms with Gasteiger partial charge < -0.3 is 5.32 Å². The molecule has 2 aliphatic rings. The number of rotatable bonds is 1. The number of fused-ring (bicyclic) bond motifs is 1. The summed E-state index contributed by atoms with van der Waals surface area (Å²) < 4.78 is 0. The predicted octanol–water partition coefficient (Wildman–Crippen LogP) is 2.45. The van der Waals surface area contributed by atoms with Gasteiger partial charge in [-0.3, -0.25) is 4.90 Å². The molecular formula is C14H19ClN2. The van der Waals surface area contributed by atoms with Gasteiger partial charge in [0, 0.05) is 24.2 Å². The van der Waals surface area contributed by atoms with Crippen molar-refractivity contribution in [2.75, 3.05) is 19.6 Å². The summed E-state index contributed by atoms with van der Waals surface area (Å²) in [5, 5.41) is 4.31. The van der Waals surface area contributed by atoms with E-state index in [1.165, 1.54) is 50.0 Å². The number of benzene rings is 1. The molecule has 0 aliphatic carbocycles. The first kappa shape index (κ1) is 11.5. The van der Waals surface area contributed by atoms with Crippen LogP contribution in [0, 0.1) is 0 Å². The molecule has 0 radical (unpaired) electrons. The average Bonchev–Trinajstić information content (AvgIpc) is 2.39. The lowest BCUT2D eigenvalue weighted by Crippen LogP contribution is -2.45. The second-order valence-corrected chi connectivity index (χ2v) is 5.55. The summed E-state index contributed by atoms with van der Waals surface area (Å²) >= 11 is 6.08. The normalized spacial score (nSPS) is 22.4. The van der Waals surface area contributed by atoms with Gasteiger partial charge in [-0.15, -0.1) is 0 Å². The number of hydrogen-bond donors (Lipinski definition) is 1. The van der Waals surface area contributed by atoms with Gasteiger partial charge in [0.2, 0.25) is 0 Å². The predicted molar refractivity (Wildman–Crippen MR) is 71.5 cm³/mol. The van der Waals surface area contributed by atoms with Gasteiger partial charge in [0.25, 0.3) is 0 Å². The molecule has 2 heterocycles. The Bertz CT molecular complexity index is 399. The maximum Gasteiger partial charge on any atom is 0.0409 e. The van der Waals surface area contributed by atoms with E-state index in [0.29, 0.717) is 0 Å². The van der Waals surface area contributed by atoms with Crippen LogP contribution in [-0.2, 0) is 13.0 Å². The van der Waals surface area contributed by atoms with Crippen LogP contribution in [0.3, 0.4) is 0 Å². The molecule has 3 rings (SSSR count). The van der Waals surface area contributed by atoms with Crippen LogP contribution < -0.4 is 5.32 Å². The van der Waals surface area contributed by atoms with Crippen molar-refractivity contribution in [3.8, 4) is 0 Å². The molecule has 1 aromatic carbocycles. The lowest BCUT2D eigenvalue weighted by molar-refractivity contribution is 0.147. The molecule has 0 saturated carbocycles. The van der Waals surface area contributed by atoms with Crippen molar-refractivity contribution in [2.45, 2.75) is 31.8 Å². The molecule has 0 bridgehead atoms. The Hall–Kier alpha value is -0.570. The first-order chi connectivity index (χ1) is 8.33. The molecule has 0 unspecified atom stereocenters. The zero-order valence-electron chi connectivity index (χ0n) is 10.1. The molecule has 1 N–H and O–H groups in total. The average molecular weight is 251 g/mol. The third-order valence-electron chi connectivity index (χ3n) is 4.04. The summed E-state index contributed by atoms with van der Waals surface area (Å²) in [7, 11) is 0. The Balaban J connectivity index is 1.75. The first-order valence-electron chi connectivity index (χ1n) is 6.55. The Morgan fingerprint density at radius 3 is 2.82 bits per heavy atom. The van der Waals surface area contributed by atoms with Crippen molar-refractivity contribution in [3.05, 3.63) is 34.3 Å². The zero-order chi connectivity index (χ0) is 11.7. The van der Waals surface area contributed by atoms with Gasteiger partial charge in [-0.2, -0.15) is 0 Å². The van der Waals surface area contributed by atoms with E-state index in [9.17, 15) is 0 Å². The standard InChI is InChI=1S/C14H19ClN2/c15-13-2-1-11-5-8-17(10-12(11)9-13)14-3-6-16-7-4-14/h1-2,9,14,16H,3-8,10H2. The fraction of sp³-hybridized carbons (Fsp3) is 0.571. The van der Waals surface area contributed by atoms with Crippen molar-refractivity contribution < 1.29 is 0 Å². The van der Waals surface area contributed by atoms with Gasteiger partial charge in [0.1, 0.15) is 0 Å². The number of halogens is 1. The monoisotopic (exact) mass is 250 g/mol. The zero-order valence-corrected chi connectivity index (χ0v) is 10.8. The van der Waals surface area contributed by atoms with Crippen molar-refractivity contribution in [3.63, 3.8) is 0 Å². The summed E-state index contributed by atoms with van der Waals surface area (Å²) in [5.41, 5.74) is 2.92. The van der Waals surface area contributed by atoms with Crippen molar-refractivity contribution in [1.29, 1.82) is 0 Å². The molecule has 1 aromatic rings. The van der Waals surface area contributed by atoms with Crippen LogP contribution in [0.25, 0.3) is 0 Å². The van der Waals surface area contributed by atoms with Crippen LogP contribution in [0.1, 0.15) is 24.0 Å². The van der Waals surface area contributed by atoms with E-state index in [1.54, 1.807) is 0 Å². The second-order valence-electron chi connectivity index (χ2n) is 5.11. The van der Waals surface area contributed by atoms with E-state index in [2.05, 4.69) is 22.3 Å². The van der Waals surface area contributed by atoms with Crippen LogP contribution >= 0.6 is 11.6 Å². The SMILES string of the molecule is Clc1ccc2c(c1)CN(C1CCNCC1)CC2. The Labute approximate surface area is 108 Å². The van der Waals surface area contributed by atoms with E-state index >= 15 is 0 Å². The van der Waals surface area contributed by atoms with Gasteiger partial charge in [0.15, 0.2) is 0 Å². The highest BCUT2D eigenvalue weighted by molar-refractivity contribution is 6.30. The molecular weight excluding hydrogens is 232 g/mol. The number of nitrogens with zero attached hydrogens (tertiary/aromatic N) is 1. The Morgan fingerprint density at radius 2 is 2.00 bits per heavy atom. The van der Waals surface area contributed by atoms with Crippen LogP contribution in [0.2, 0.25) is 5.02 Å². The quantitative estimate of drug-likeness (QED) is 0.824. The van der Waals surface area contributed by atoms with Crippen LogP contribution in [-0.4, -0.2) is 30.6 Å². The highest BCUT2D eigenvalue weighted by atomic mass is 35.5. The lowest BCUT2D eigenvalue weighted by atomic mass is 9.96. The van der Waals surface area contributed by atoms with Gasteiger partial charge in [0.05, 0.1) is 0 Å². The van der Waals surface area contributed by atoms with Gasteiger partial charge in [-0.05, 0) is 55.6 Å². The summed E-state index contributed by atoms with van der Waals surface area (Å²) in [5.74, 6) is 0. The highest BCUT2D eigenvalue weighted by Gasteiger charge is 2.24. The van der Waals surface area contributed by atoms with Crippen molar-refractivity contribution in [1.82, 2.24) is 10.2 Å². The van der Waals surface area contributed by atoms with E-state index in [0.717, 1.165) is 17.6 Å². The molecule has 0 spiro atoms. The molecule has 0 aromatic heterocycles. The van der Waals surface area contributed by atoms with Gasteiger partial charge in [-0.25, -0.2) is 0 Å². The number of nitrogens with one attached hydrogen (secondary N) is 1. The summed E-state index contributed by atoms with van der Waals surface area (Å²) in [6.45, 7) is 4.63. The third-order valence-corrected chi connectivity index (χ3v) is 4.27. The van der Waals surface area contributed by atoms with Crippen LogP contribution in [0.5, 0.6) is 0 Å². The smallest absolute Gasteiger partial charge is 0.0409 e. The van der Waals surface area contributed by atoms with Crippen molar-refractivity contribution in [2.24, 2.45) is 0 Å². The van der Waals surface area contributed by atoms with Gasteiger partial charge >= 0.3 is 0 Å². The second kappa shape index (κ2) is 4.97. The lowest BCUT2D eigenvalue weighted by Gasteiger charge is -2.37. The van der Waals surface area contributed by atoms with E-state index in [1.807, 2.05) is 6.07 Å². The molecule has 0 amide bonds. The summed E-state index contributed by atoms with van der Waals surface area (Å²) in [6, 6.07) is 7.12. The minimum Gasteiger partial charge on any atom is -0.317 e. The number of piperidine rings is 1. The topological polar surface area (TPSA) is 15.3 Å². The molecule has 3 heteroatoms. The maximum absolute atomic E-state index is 6.08. The van der Waals surface area contributed by atoms with Crippen molar-refractivity contribution >= 4 is 11.6 Å². The maximum atomic E-state index is 6.08. The highest BCUT2D eigenvalue weighted by Crippen LogP contribution is 2.25. The van der Waals surface area contributed by atoms with Gasteiger partial charge in [-0.1, -0.05) is 17.7 Å². The molecule has 0 atom stereocenters. The molecule has 2 nitrogen and oxygen atoms in total. The Kier molecular flexibility index (Phi) is 3.37. The summed E-state index contributed by atoms with van der Waals surface area (Å²) in [6.07, 6.45) is 3.75. The summed E-state index contributed by atoms with van der Waals surface area (Å²) in [4.78, 5) is 2.64. The van der Waals surface area contributed by atoms with Crippen LogP contribution in [0.15, 0.2) is 18.2 Å². The molecule has 92 valence electrons. The molecule has 2 aliphatic heterocycles. The van der Waals surface area contributed by atoms with E-state index in [4.69, 9.17) is 11.6 Å². The Morgan fingerprint density at radius 1 is 1.18 bits per heavy atom. The van der Waals surface area contributed by atoms with E-state index < -0.39 is 0 Å². The number of hydrogen-bond acceptors (Lipinski definition) is 2. The molecule has 1 saturated heterocycles.